The molecule has 2 aromatic heterocycles. The van der Waals surface area contributed by atoms with Crippen molar-refractivity contribution in [1.29, 1.82) is 0 Å². The first-order chi connectivity index (χ1) is 12.8. The molecule has 0 atom stereocenters. The van der Waals surface area contributed by atoms with Crippen molar-refractivity contribution >= 4 is 22.6 Å². The molecule has 0 spiro atoms. The Morgan fingerprint density at radius 2 is 1.96 bits per heavy atom. The average Bonchev–Trinajstić information content (AvgIpc) is 3.17. The third-order valence-electron chi connectivity index (χ3n) is 4.36. The molecule has 7 nitrogen and oxygen atoms in total. The minimum absolute atomic E-state index is 0.0227. The van der Waals surface area contributed by atoms with Crippen LogP contribution in [0.25, 0.3) is 10.9 Å². The number of carbonyl (C=O) groups excluding carboxylic acids is 1. The van der Waals surface area contributed by atoms with Gasteiger partial charge in [-0.25, -0.2) is 0 Å². The molecule has 0 radical (unpaired) electrons. The van der Waals surface area contributed by atoms with Gasteiger partial charge in [-0.05, 0) is 44.9 Å². The summed E-state index contributed by atoms with van der Waals surface area (Å²) in [7, 11) is 1.85. The van der Waals surface area contributed by atoms with Crippen molar-refractivity contribution in [1.82, 2.24) is 19.6 Å². The number of rotatable bonds is 6. The highest BCUT2D eigenvalue weighted by atomic mass is 16.5. The summed E-state index contributed by atoms with van der Waals surface area (Å²) in [5.74, 6) is 1.23. The van der Waals surface area contributed by atoms with Crippen LogP contribution in [0.1, 0.15) is 56.7 Å². The number of hydrogen-bond donors (Lipinski definition) is 1. The summed E-state index contributed by atoms with van der Waals surface area (Å²) in [6.07, 6.45) is 0.0227. The lowest BCUT2D eigenvalue weighted by Gasteiger charge is -2.11. The summed E-state index contributed by atoms with van der Waals surface area (Å²) in [5.41, 5.74) is 2.33. The number of aryl methyl sites for hydroxylation is 2. The van der Waals surface area contributed by atoms with Gasteiger partial charge in [0.2, 0.25) is 0 Å². The number of nitrogens with one attached hydrogen (secondary N) is 1. The molecule has 0 saturated carbocycles. The Balaban J connectivity index is 2.01. The number of aromatic nitrogens is 4. The zero-order chi connectivity index (χ0) is 19.7. The molecular formula is C20H27N5O2. The molecule has 0 aliphatic rings. The van der Waals surface area contributed by atoms with E-state index in [1.54, 1.807) is 9.36 Å². The second-order valence-electron chi connectivity index (χ2n) is 7.17. The molecule has 3 aromatic rings. The van der Waals surface area contributed by atoms with E-state index >= 15 is 0 Å². The zero-order valence-electron chi connectivity index (χ0n) is 16.8. The van der Waals surface area contributed by atoms with Crippen molar-refractivity contribution in [3.05, 3.63) is 35.7 Å². The van der Waals surface area contributed by atoms with Crippen LogP contribution in [0.5, 0.6) is 5.75 Å². The van der Waals surface area contributed by atoms with Crippen LogP contribution in [-0.4, -0.2) is 31.6 Å². The van der Waals surface area contributed by atoms with E-state index in [1.165, 1.54) is 0 Å². The minimum Gasteiger partial charge on any atom is -0.490 e. The Kier molecular flexibility index (Phi) is 5.21. The second kappa shape index (κ2) is 7.42. The van der Waals surface area contributed by atoms with E-state index in [9.17, 15) is 4.79 Å². The number of nitrogens with zero attached hydrogens (tertiary/aromatic N) is 4. The van der Waals surface area contributed by atoms with E-state index in [1.807, 2.05) is 52.1 Å². The maximum Gasteiger partial charge on any atom is 0.275 e. The molecule has 3 rings (SSSR count). The van der Waals surface area contributed by atoms with E-state index in [0.29, 0.717) is 23.8 Å². The summed E-state index contributed by atoms with van der Waals surface area (Å²) in [4.78, 5) is 13.0. The van der Waals surface area contributed by atoms with Crippen LogP contribution in [0.3, 0.4) is 0 Å². The van der Waals surface area contributed by atoms with Gasteiger partial charge in [0, 0.05) is 13.6 Å². The summed E-state index contributed by atoms with van der Waals surface area (Å²) in [5, 5.41) is 12.8. The van der Waals surface area contributed by atoms with Crippen LogP contribution < -0.4 is 10.1 Å². The molecule has 0 aliphatic carbocycles. The van der Waals surface area contributed by atoms with Crippen molar-refractivity contribution in [3.63, 3.8) is 0 Å². The highest BCUT2D eigenvalue weighted by Gasteiger charge is 2.20. The molecule has 1 N–H and O–H groups in total. The Hall–Kier alpha value is -2.83. The fourth-order valence-electron chi connectivity index (χ4n) is 3.03. The molecule has 2 heterocycles. The normalized spacial score (nSPS) is 11.6. The summed E-state index contributed by atoms with van der Waals surface area (Å²) in [6.45, 7) is 10.7. The van der Waals surface area contributed by atoms with Crippen molar-refractivity contribution in [3.8, 4) is 5.75 Å². The van der Waals surface area contributed by atoms with Crippen LogP contribution in [0.2, 0.25) is 0 Å². The topological polar surface area (TPSA) is 74.0 Å². The first-order valence-electron chi connectivity index (χ1n) is 9.33. The monoisotopic (exact) mass is 369 g/mol. The fraction of sp³-hybridized carbons (Fsp3) is 0.450. The van der Waals surface area contributed by atoms with E-state index in [0.717, 1.165) is 16.6 Å². The molecule has 0 fully saturated rings. The number of ether oxygens (including phenoxy) is 1. The lowest BCUT2D eigenvalue weighted by Crippen LogP contribution is -2.18. The van der Waals surface area contributed by atoms with Crippen molar-refractivity contribution < 1.29 is 9.53 Å². The van der Waals surface area contributed by atoms with Crippen LogP contribution in [0.4, 0.5) is 5.82 Å². The van der Waals surface area contributed by atoms with Gasteiger partial charge in [0.05, 0.1) is 22.7 Å². The number of hydrogen-bond acceptors (Lipinski definition) is 4. The molecule has 0 aliphatic heterocycles. The summed E-state index contributed by atoms with van der Waals surface area (Å²) >= 11 is 0. The first-order valence-corrected chi connectivity index (χ1v) is 9.33. The van der Waals surface area contributed by atoms with E-state index in [4.69, 9.17) is 4.74 Å². The fourth-order valence-corrected chi connectivity index (χ4v) is 3.03. The highest BCUT2D eigenvalue weighted by molar-refractivity contribution is 6.08. The molecular weight excluding hydrogens is 342 g/mol. The maximum atomic E-state index is 13.0. The third kappa shape index (κ3) is 3.67. The zero-order valence-corrected chi connectivity index (χ0v) is 16.8. The molecule has 144 valence electrons. The number of fused-ring (bicyclic) bond motifs is 1. The van der Waals surface area contributed by atoms with E-state index in [-0.39, 0.29) is 17.9 Å². The first kappa shape index (κ1) is 18.9. The largest absolute Gasteiger partial charge is 0.490 e. The van der Waals surface area contributed by atoms with E-state index in [2.05, 4.69) is 29.4 Å². The number of carbonyl (C=O) groups is 1. The Morgan fingerprint density at radius 1 is 1.22 bits per heavy atom. The Bertz CT molecular complexity index is 968. The minimum atomic E-state index is -0.226. The van der Waals surface area contributed by atoms with Gasteiger partial charge in [-0.2, -0.15) is 10.2 Å². The lowest BCUT2D eigenvalue weighted by molar-refractivity contribution is 0.101. The maximum absolute atomic E-state index is 13.0. The Morgan fingerprint density at radius 3 is 2.59 bits per heavy atom. The van der Waals surface area contributed by atoms with Gasteiger partial charge in [-0.15, -0.1) is 0 Å². The summed E-state index contributed by atoms with van der Waals surface area (Å²) in [6, 6.07) is 7.62. The van der Waals surface area contributed by atoms with Gasteiger partial charge < -0.3 is 10.1 Å². The molecule has 0 unspecified atom stereocenters. The molecule has 1 amide bonds. The number of anilines is 1. The predicted molar refractivity (Wildman–Crippen MR) is 106 cm³/mol. The highest BCUT2D eigenvalue weighted by Crippen LogP contribution is 2.32. The molecule has 0 saturated heterocycles. The smallest absolute Gasteiger partial charge is 0.275 e. The molecule has 0 bridgehead atoms. The van der Waals surface area contributed by atoms with Crippen molar-refractivity contribution in [2.45, 2.75) is 53.2 Å². The quantitative estimate of drug-likeness (QED) is 0.714. The molecule has 27 heavy (non-hydrogen) atoms. The second-order valence-corrected chi connectivity index (χ2v) is 7.17. The van der Waals surface area contributed by atoms with Crippen molar-refractivity contribution in [2.75, 3.05) is 5.32 Å². The predicted octanol–water partition coefficient (Wildman–Crippen LogP) is 3.95. The molecule has 7 heteroatoms. The number of amides is 1. The van der Waals surface area contributed by atoms with Crippen LogP contribution in [-0.2, 0) is 13.6 Å². The van der Waals surface area contributed by atoms with Crippen molar-refractivity contribution in [2.24, 2.45) is 7.05 Å². The van der Waals surface area contributed by atoms with Gasteiger partial charge in [0.15, 0.2) is 5.82 Å². The molecule has 1 aromatic carbocycles. The van der Waals surface area contributed by atoms with Gasteiger partial charge in [0.1, 0.15) is 11.4 Å². The lowest BCUT2D eigenvalue weighted by atomic mass is 10.1. The van der Waals surface area contributed by atoms with Crippen LogP contribution in [0.15, 0.2) is 24.3 Å². The van der Waals surface area contributed by atoms with Gasteiger partial charge >= 0.3 is 0 Å². The number of benzene rings is 1. The van der Waals surface area contributed by atoms with Gasteiger partial charge in [0.25, 0.3) is 5.91 Å². The van der Waals surface area contributed by atoms with Gasteiger partial charge in [-0.3, -0.25) is 14.2 Å². The standard InChI is InChI=1S/C20H27N5O2/c1-7-25-16(11-14(22-25)12(2)3)20(26)21-19-18-15(24(6)23-19)9-8-10-17(18)27-13(4)5/h8-13H,7H2,1-6H3,(H,21,23,26). The van der Waals surface area contributed by atoms with Crippen LogP contribution >= 0.6 is 0 Å². The Labute approximate surface area is 159 Å². The SMILES string of the molecule is CCn1nc(C(C)C)cc1C(=O)Nc1nn(C)c2cccc(OC(C)C)c12. The van der Waals surface area contributed by atoms with Gasteiger partial charge in [-0.1, -0.05) is 19.9 Å². The summed E-state index contributed by atoms with van der Waals surface area (Å²) < 4.78 is 9.40. The third-order valence-corrected chi connectivity index (χ3v) is 4.36. The average molecular weight is 369 g/mol. The van der Waals surface area contributed by atoms with E-state index < -0.39 is 0 Å². The van der Waals surface area contributed by atoms with Crippen LogP contribution in [0, 0.1) is 0 Å².